The van der Waals surface area contributed by atoms with Crippen LogP contribution >= 0.6 is 0 Å². The highest BCUT2D eigenvalue weighted by Gasteiger charge is 2.18. The molecule has 1 heterocycles. The molecule has 2 amide bonds. The third-order valence-corrected chi connectivity index (χ3v) is 2.88. The predicted molar refractivity (Wildman–Crippen MR) is 81.6 cm³/mol. The quantitative estimate of drug-likeness (QED) is 0.646. The molecule has 7 nitrogen and oxygen atoms in total. The van der Waals surface area contributed by atoms with Crippen LogP contribution in [0.15, 0.2) is 47.1 Å². The number of rotatable bonds is 5. The highest BCUT2D eigenvalue weighted by Crippen LogP contribution is 2.16. The Bertz CT molecular complexity index is 694. The monoisotopic (exact) mass is 316 g/mol. The van der Waals surface area contributed by atoms with Gasteiger partial charge in [-0.3, -0.25) is 9.59 Å². The van der Waals surface area contributed by atoms with Crippen molar-refractivity contribution in [2.75, 3.05) is 11.9 Å². The number of carbonyl (C=O) groups excluding carboxylic acids is 3. The van der Waals surface area contributed by atoms with Gasteiger partial charge in [0.15, 0.2) is 0 Å². The van der Waals surface area contributed by atoms with E-state index in [0.717, 1.165) is 0 Å². The lowest BCUT2D eigenvalue weighted by molar-refractivity contribution is -0.136. The van der Waals surface area contributed by atoms with Crippen molar-refractivity contribution in [1.82, 2.24) is 5.32 Å². The van der Waals surface area contributed by atoms with Crippen LogP contribution in [0.25, 0.3) is 0 Å². The van der Waals surface area contributed by atoms with Gasteiger partial charge in [-0.05, 0) is 31.2 Å². The highest BCUT2D eigenvalue weighted by molar-refractivity contribution is 6.39. The van der Waals surface area contributed by atoms with Crippen LogP contribution in [0.3, 0.4) is 0 Å². The first-order chi connectivity index (χ1) is 11.1. The van der Waals surface area contributed by atoms with E-state index >= 15 is 0 Å². The number of hydrogen-bond acceptors (Lipinski definition) is 5. The molecule has 2 rings (SSSR count). The first-order valence-corrected chi connectivity index (χ1v) is 6.99. The summed E-state index contributed by atoms with van der Waals surface area (Å²) >= 11 is 0. The van der Waals surface area contributed by atoms with Crippen LogP contribution in [0, 0.1) is 0 Å². The molecule has 2 N–H and O–H groups in total. The van der Waals surface area contributed by atoms with Gasteiger partial charge in [0.1, 0.15) is 5.76 Å². The minimum atomic E-state index is -0.881. The van der Waals surface area contributed by atoms with Gasteiger partial charge in [0.25, 0.3) is 0 Å². The smallest absolute Gasteiger partial charge is 0.340 e. The third kappa shape index (κ3) is 4.44. The molecule has 2 aromatic rings. The van der Waals surface area contributed by atoms with E-state index in [0.29, 0.717) is 5.76 Å². The van der Waals surface area contributed by atoms with Gasteiger partial charge < -0.3 is 19.8 Å². The molecule has 0 aliphatic carbocycles. The lowest BCUT2D eigenvalue weighted by Crippen LogP contribution is -2.35. The maximum atomic E-state index is 11.9. The summed E-state index contributed by atoms with van der Waals surface area (Å²) in [6, 6.07) is 9.65. The van der Waals surface area contributed by atoms with E-state index in [-0.39, 0.29) is 24.4 Å². The highest BCUT2D eigenvalue weighted by atomic mass is 16.5. The predicted octanol–water partition coefficient (Wildman–Crippen LogP) is 1.71. The van der Waals surface area contributed by atoms with Gasteiger partial charge in [0.2, 0.25) is 0 Å². The van der Waals surface area contributed by atoms with Crippen molar-refractivity contribution in [3.63, 3.8) is 0 Å². The van der Waals surface area contributed by atoms with E-state index in [1.54, 1.807) is 31.2 Å². The zero-order valence-corrected chi connectivity index (χ0v) is 12.5. The van der Waals surface area contributed by atoms with E-state index in [1.165, 1.54) is 18.4 Å². The molecule has 120 valence electrons. The van der Waals surface area contributed by atoms with Gasteiger partial charge in [-0.1, -0.05) is 12.1 Å². The first kappa shape index (κ1) is 16.3. The minimum absolute atomic E-state index is 0.0960. The number of nitrogens with one attached hydrogen (secondary N) is 2. The third-order valence-electron chi connectivity index (χ3n) is 2.88. The summed E-state index contributed by atoms with van der Waals surface area (Å²) in [4.78, 5) is 35.5. The molecule has 0 fully saturated rings. The molecule has 7 heteroatoms. The fraction of sp³-hybridized carbons (Fsp3) is 0.188. The number of anilines is 1. The molecule has 0 bridgehead atoms. The molecule has 1 aromatic carbocycles. The number of para-hydroxylation sites is 1. The average molecular weight is 316 g/mol. The summed E-state index contributed by atoms with van der Waals surface area (Å²) in [5.74, 6) is -1.76. The van der Waals surface area contributed by atoms with Crippen LogP contribution in [0.4, 0.5) is 5.69 Å². The summed E-state index contributed by atoms with van der Waals surface area (Å²) in [5, 5.41) is 4.82. The van der Waals surface area contributed by atoms with Gasteiger partial charge >= 0.3 is 17.8 Å². The zero-order valence-electron chi connectivity index (χ0n) is 12.5. The SMILES string of the molecule is CCOC(=O)c1ccccc1NC(=O)C(=O)NCc1ccco1. The Hall–Kier alpha value is -3.09. The molecule has 1 aromatic heterocycles. The standard InChI is InChI=1S/C16H16N2O5/c1-2-22-16(21)12-7-3-4-8-13(12)18-15(20)14(19)17-10-11-6-5-9-23-11/h3-9H,2,10H2,1H3,(H,17,19)(H,18,20). The Morgan fingerprint density at radius 3 is 2.57 bits per heavy atom. The molecule has 0 spiro atoms. The number of benzene rings is 1. The Morgan fingerprint density at radius 1 is 1.09 bits per heavy atom. The second-order valence-electron chi connectivity index (χ2n) is 4.48. The maximum absolute atomic E-state index is 11.9. The summed E-state index contributed by atoms with van der Waals surface area (Å²) in [7, 11) is 0. The first-order valence-electron chi connectivity index (χ1n) is 6.99. The van der Waals surface area contributed by atoms with Crippen LogP contribution < -0.4 is 10.6 Å². The van der Waals surface area contributed by atoms with Crippen LogP contribution in [0.2, 0.25) is 0 Å². The molecule has 0 unspecified atom stereocenters. The number of esters is 1. The lowest BCUT2D eigenvalue weighted by atomic mass is 10.2. The van der Waals surface area contributed by atoms with E-state index < -0.39 is 17.8 Å². The number of furan rings is 1. The second-order valence-corrected chi connectivity index (χ2v) is 4.48. The molecule has 0 radical (unpaired) electrons. The molecule has 0 saturated heterocycles. The van der Waals surface area contributed by atoms with E-state index in [9.17, 15) is 14.4 Å². The lowest BCUT2D eigenvalue weighted by Gasteiger charge is -2.10. The molecule has 0 atom stereocenters. The average Bonchev–Trinajstić information content (AvgIpc) is 3.06. The van der Waals surface area contributed by atoms with Crippen LogP contribution in [0.1, 0.15) is 23.0 Å². The fourth-order valence-electron chi connectivity index (χ4n) is 1.82. The second kappa shape index (κ2) is 7.79. The van der Waals surface area contributed by atoms with Gasteiger partial charge in [0.05, 0.1) is 30.7 Å². The van der Waals surface area contributed by atoms with Crippen molar-refractivity contribution in [2.24, 2.45) is 0 Å². The maximum Gasteiger partial charge on any atom is 0.340 e. The molecule has 0 saturated carbocycles. The summed E-state index contributed by atoms with van der Waals surface area (Å²) in [6.07, 6.45) is 1.47. The van der Waals surface area contributed by atoms with Crippen LogP contribution in [-0.2, 0) is 20.9 Å². The van der Waals surface area contributed by atoms with Crippen LogP contribution in [0.5, 0.6) is 0 Å². The van der Waals surface area contributed by atoms with Crippen molar-refractivity contribution in [3.8, 4) is 0 Å². The van der Waals surface area contributed by atoms with Crippen molar-refractivity contribution < 1.29 is 23.5 Å². The number of ether oxygens (including phenoxy) is 1. The fourth-order valence-corrected chi connectivity index (χ4v) is 1.82. The Morgan fingerprint density at radius 2 is 1.87 bits per heavy atom. The Balaban J connectivity index is 1.99. The minimum Gasteiger partial charge on any atom is -0.467 e. The van der Waals surface area contributed by atoms with Gasteiger partial charge in [0, 0.05) is 0 Å². The number of hydrogen-bond donors (Lipinski definition) is 2. The van der Waals surface area contributed by atoms with Crippen molar-refractivity contribution >= 4 is 23.5 Å². The van der Waals surface area contributed by atoms with E-state index in [4.69, 9.17) is 9.15 Å². The summed E-state index contributed by atoms with van der Waals surface area (Å²) in [5.41, 5.74) is 0.394. The largest absolute Gasteiger partial charge is 0.467 e. The normalized spacial score (nSPS) is 9.96. The summed E-state index contributed by atoms with van der Waals surface area (Å²) in [6.45, 7) is 1.99. The number of amides is 2. The number of carbonyl (C=O) groups is 3. The topological polar surface area (TPSA) is 97.6 Å². The van der Waals surface area contributed by atoms with Gasteiger partial charge in [-0.25, -0.2) is 4.79 Å². The van der Waals surface area contributed by atoms with E-state index in [1.807, 2.05) is 0 Å². The Kier molecular flexibility index (Phi) is 5.51. The van der Waals surface area contributed by atoms with Crippen molar-refractivity contribution in [1.29, 1.82) is 0 Å². The molecular formula is C16H16N2O5. The summed E-state index contributed by atoms with van der Waals surface area (Å²) < 4.78 is 9.96. The van der Waals surface area contributed by atoms with Gasteiger partial charge in [-0.15, -0.1) is 0 Å². The molecule has 0 aliphatic rings. The van der Waals surface area contributed by atoms with Crippen molar-refractivity contribution in [3.05, 3.63) is 54.0 Å². The molecule has 0 aliphatic heterocycles. The molecular weight excluding hydrogens is 300 g/mol. The van der Waals surface area contributed by atoms with E-state index in [2.05, 4.69) is 10.6 Å². The molecule has 23 heavy (non-hydrogen) atoms. The van der Waals surface area contributed by atoms with Gasteiger partial charge in [-0.2, -0.15) is 0 Å². The zero-order chi connectivity index (χ0) is 16.7. The van der Waals surface area contributed by atoms with Crippen molar-refractivity contribution in [2.45, 2.75) is 13.5 Å². The van der Waals surface area contributed by atoms with Crippen LogP contribution in [-0.4, -0.2) is 24.4 Å². The Labute approximate surface area is 132 Å².